The maximum atomic E-state index is 13.5. The molecule has 7 heteroatoms. The van der Waals surface area contributed by atoms with E-state index < -0.39 is 17.6 Å². The Morgan fingerprint density at radius 1 is 1.00 bits per heavy atom. The number of para-hydroxylation sites is 2. The van der Waals surface area contributed by atoms with Crippen molar-refractivity contribution < 1.29 is 18.7 Å². The fourth-order valence-corrected chi connectivity index (χ4v) is 3.65. The monoisotopic (exact) mass is 450 g/mol. The molecule has 3 aromatic carbocycles. The van der Waals surface area contributed by atoms with Gasteiger partial charge >= 0.3 is 0 Å². The zero-order valence-electron chi connectivity index (χ0n) is 17.5. The third-order valence-corrected chi connectivity index (χ3v) is 5.48. The van der Waals surface area contributed by atoms with Crippen molar-refractivity contribution in [2.45, 2.75) is 13.8 Å². The number of ether oxygens (including phenoxy) is 1. The molecule has 0 unspecified atom stereocenters. The summed E-state index contributed by atoms with van der Waals surface area (Å²) in [4.78, 5) is 28.0. The number of anilines is 2. The maximum absolute atomic E-state index is 13.5. The lowest BCUT2D eigenvalue weighted by Gasteiger charge is -2.17. The lowest BCUT2D eigenvalue weighted by molar-refractivity contribution is -0.120. The first-order valence-corrected chi connectivity index (χ1v) is 10.4. The molecule has 0 radical (unpaired) electrons. The predicted molar refractivity (Wildman–Crippen MR) is 123 cm³/mol. The number of benzene rings is 3. The molecule has 32 heavy (non-hydrogen) atoms. The van der Waals surface area contributed by atoms with Gasteiger partial charge in [0.1, 0.15) is 17.3 Å². The largest absolute Gasteiger partial charge is 0.492 e. The molecule has 0 bridgehead atoms. The second-order valence-electron chi connectivity index (χ2n) is 7.19. The van der Waals surface area contributed by atoms with Crippen LogP contribution in [0.25, 0.3) is 5.57 Å². The summed E-state index contributed by atoms with van der Waals surface area (Å²) in [6.45, 7) is 4.12. The van der Waals surface area contributed by atoms with E-state index in [4.69, 9.17) is 16.3 Å². The highest BCUT2D eigenvalue weighted by molar-refractivity contribution is 6.46. The number of rotatable bonds is 6. The summed E-state index contributed by atoms with van der Waals surface area (Å²) < 4.78 is 19.2. The summed E-state index contributed by atoms with van der Waals surface area (Å²) in [6.07, 6.45) is 0. The molecule has 1 heterocycles. The van der Waals surface area contributed by atoms with Crippen LogP contribution in [0.5, 0.6) is 5.75 Å². The van der Waals surface area contributed by atoms with E-state index in [1.54, 1.807) is 36.4 Å². The van der Waals surface area contributed by atoms with Crippen LogP contribution in [0.15, 0.2) is 72.4 Å². The van der Waals surface area contributed by atoms with Gasteiger partial charge in [-0.2, -0.15) is 0 Å². The van der Waals surface area contributed by atoms with Gasteiger partial charge in [0.25, 0.3) is 11.8 Å². The van der Waals surface area contributed by atoms with Gasteiger partial charge < -0.3 is 10.1 Å². The Labute approximate surface area is 190 Å². The van der Waals surface area contributed by atoms with Gasteiger partial charge in [-0.15, -0.1) is 0 Å². The highest BCUT2D eigenvalue weighted by atomic mass is 35.5. The van der Waals surface area contributed by atoms with Crippen LogP contribution < -0.4 is 15.0 Å². The van der Waals surface area contributed by atoms with E-state index in [2.05, 4.69) is 5.32 Å². The number of hydrogen-bond donors (Lipinski definition) is 1. The van der Waals surface area contributed by atoms with Crippen LogP contribution in [0.2, 0.25) is 5.02 Å². The quantitative estimate of drug-likeness (QED) is 0.498. The van der Waals surface area contributed by atoms with Crippen molar-refractivity contribution in [2.24, 2.45) is 0 Å². The molecule has 162 valence electrons. The molecule has 0 aromatic heterocycles. The lowest BCUT2D eigenvalue weighted by atomic mass is 10.0. The van der Waals surface area contributed by atoms with Crippen molar-refractivity contribution in [3.63, 3.8) is 0 Å². The first-order valence-electron chi connectivity index (χ1n) is 10.0. The Morgan fingerprint density at radius 3 is 2.41 bits per heavy atom. The Morgan fingerprint density at radius 2 is 1.72 bits per heavy atom. The number of carbonyl (C=O) groups is 2. The number of carbonyl (C=O) groups excluding carboxylic acids is 2. The first kappa shape index (κ1) is 21.6. The normalized spacial score (nSPS) is 13.7. The zero-order chi connectivity index (χ0) is 22.8. The van der Waals surface area contributed by atoms with Crippen molar-refractivity contribution in [3.05, 3.63) is 94.4 Å². The minimum absolute atomic E-state index is 0.0745. The van der Waals surface area contributed by atoms with Crippen molar-refractivity contribution in [3.8, 4) is 5.75 Å². The third-order valence-electron chi connectivity index (χ3n) is 5.08. The molecule has 0 spiro atoms. The van der Waals surface area contributed by atoms with E-state index in [1.807, 2.05) is 19.9 Å². The van der Waals surface area contributed by atoms with Crippen molar-refractivity contribution in [2.75, 3.05) is 16.8 Å². The van der Waals surface area contributed by atoms with Crippen molar-refractivity contribution in [1.82, 2.24) is 0 Å². The molecule has 0 saturated heterocycles. The van der Waals surface area contributed by atoms with Gasteiger partial charge in [-0.3, -0.25) is 9.59 Å². The van der Waals surface area contributed by atoms with E-state index in [9.17, 15) is 14.0 Å². The molecular weight excluding hydrogens is 431 g/mol. The number of hydrogen-bond acceptors (Lipinski definition) is 4. The molecular formula is C25H20ClFN2O3. The molecule has 1 N–H and O–H groups in total. The van der Waals surface area contributed by atoms with Crippen molar-refractivity contribution in [1.29, 1.82) is 0 Å². The van der Waals surface area contributed by atoms with E-state index in [0.717, 1.165) is 10.5 Å². The van der Waals surface area contributed by atoms with Gasteiger partial charge in [-0.25, -0.2) is 9.29 Å². The van der Waals surface area contributed by atoms with E-state index in [0.29, 0.717) is 34.3 Å². The van der Waals surface area contributed by atoms with E-state index in [-0.39, 0.29) is 11.3 Å². The van der Waals surface area contributed by atoms with Crippen LogP contribution in [0.4, 0.5) is 15.8 Å². The lowest BCUT2D eigenvalue weighted by Crippen LogP contribution is -2.32. The van der Waals surface area contributed by atoms with E-state index >= 15 is 0 Å². The fraction of sp³-hybridized carbons (Fsp3) is 0.120. The van der Waals surface area contributed by atoms with Crippen LogP contribution in [0, 0.1) is 12.7 Å². The SMILES string of the molecule is CCOc1ccccc1NC1=C(c2ccc(F)cc2)C(=O)N(c2ccc(C)c(Cl)c2)C1=O. The molecule has 0 saturated carbocycles. The Bertz CT molecular complexity index is 1240. The predicted octanol–water partition coefficient (Wildman–Crippen LogP) is 5.58. The smallest absolute Gasteiger partial charge is 0.282 e. The van der Waals surface area contributed by atoms with Gasteiger partial charge in [0.15, 0.2) is 0 Å². The van der Waals surface area contributed by atoms with Crippen LogP contribution in [-0.4, -0.2) is 18.4 Å². The highest BCUT2D eigenvalue weighted by Crippen LogP contribution is 2.36. The van der Waals surface area contributed by atoms with Gasteiger partial charge in [-0.05, 0) is 61.4 Å². The van der Waals surface area contributed by atoms with Crippen LogP contribution >= 0.6 is 11.6 Å². The minimum Gasteiger partial charge on any atom is -0.492 e. The topological polar surface area (TPSA) is 58.6 Å². The summed E-state index contributed by atoms with van der Waals surface area (Å²) in [5, 5.41) is 3.52. The first-order chi connectivity index (χ1) is 15.4. The Hall–Kier alpha value is -3.64. The summed E-state index contributed by atoms with van der Waals surface area (Å²) in [7, 11) is 0. The second-order valence-corrected chi connectivity index (χ2v) is 7.60. The summed E-state index contributed by atoms with van der Waals surface area (Å²) in [5.74, 6) is -0.971. The molecule has 1 aliphatic rings. The van der Waals surface area contributed by atoms with Crippen molar-refractivity contribution >= 4 is 40.4 Å². The summed E-state index contributed by atoms with van der Waals surface area (Å²) in [5.41, 5.74) is 2.34. The average molecular weight is 451 g/mol. The fourth-order valence-electron chi connectivity index (χ4n) is 3.47. The molecule has 0 aliphatic carbocycles. The number of imide groups is 1. The molecule has 4 rings (SSSR count). The van der Waals surface area contributed by atoms with Gasteiger partial charge in [0.05, 0.1) is 23.6 Å². The van der Waals surface area contributed by atoms with Gasteiger partial charge in [-0.1, -0.05) is 41.9 Å². The number of amides is 2. The van der Waals surface area contributed by atoms with Gasteiger partial charge in [0.2, 0.25) is 0 Å². The number of halogens is 2. The van der Waals surface area contributed by atoms with Crippen LogP contribution in [0.3, 0.4) is 0 Å². The number of nitrogens with zero attached hydrogens (tertiary/aromatic N) is 1. The number of nitrogens with one attached hydrogen (secondary N) is 1. The molecule has 0 atom stereocenters. The maximum Gasteiger partial charge on any atom is 0.282 e. The summed E-state index contributed by atoms with van der Waals surface area (Å²) >= 11 is 6.24. The molecule has 1 aliphatic heterocycles. The summed E-state index contributed by atoms with van der Waals surface area (Å²) in [6, 6.07) is 17.5. The standard InChI is InChI=1S/C25H20ClFN2O3/c1-3-32-21-7-5-4-6-20(21)28-23-22(16-9-11-17(27)12-10-16)24(30)29(25(23)31)18-13-8-15(2)19(26)14-18/h4-14,28H,3H2,1-2H3. The van der Waals surface area contributed by atoms with Gasteiger partial charge in [0, 0.05) is 5.02 Å². The third kappa shape index (κ3) is 3.97. The Balaban J connectivity index is 1.83. The molecule has 5 nitrogen and oxygen atoms in total. The zero-order valence-corrected chi connectivity index (χ0v) is 18.2. The second kappa shape index (κ2) is 8.85. The van der Waals surface area contributed by atoms with Crippen LogP contribution in [-0.2, 0) is 9.59 Å². The number of aryl methyl sites for hydroxylation is 1. The molecule has 0 fully saturated rings. The molecule has 3 aromatic rings. The minimum atomic E-state index is -0.541. The van der Waals surface area contributed by atoms with Crippen LogP contribution in [0.1, 0.15) is 18.1 Å². The average Bonchev–Trinajstić information content (AvgIpc) is 3.02. The Kier molecular flexibility index (Phi) is 5.97. The molecule has 2 amide bonds. The van der Waals surface area contributed by atoms with E-state index in [1.165, 1.54) is 24.3 Å². The highest BCUT2D eigenvalue weighted by Gasteiger charge is 2.40.